The number of nitrogens with one attached hydrogen (secondary N) is 1. The molecule has 0 amide bonds. The highest BCUT2D eigenvalue weighted by molar-refractivity contribution is 5.71. The van der Waals surface area contributed by atoms with E-state index in [0.29, 0.717) is 13.1 Å². The van der Waals surface area contributed by atoms with Gasteiger partial charge in [-0.05, 0) is 30.5 Å². The lowest BCUT2D eigenvalue weighted by Crippen LogP contribution is -2.15. The fourth-order valence-corrected chi connectivity index (χ4v) is 3.03. The van der Waals surface area contributed by atoms with Gasteiger partial charge in [-0.15, -0.1) is 0 Å². The molecule has 0 aliphatic heterocycles. The van der Waals surface area contributed by atoms with Crippen molar-refractivity contribution < 1.29 is 18.8 Å². The largest absolute Gasteiger partial charge is 0.481 e. The van der Waals surface area contributed by atoms with Gasteiger partial charge in [-0.25, -0.2) is 4.79 Å². The van der Waals surface area contributed by atoms with Crippen molar-refractivity contribution >= 4 is 5.97 Å². The molecule has 3 aromatic rings. The summed E-state index contributed by atoms with van der Waals surface area (Å²) < 4.78 is 15.6. The molecule has 6 heteroatoms. The Morgan fingerprint density at radius 2 is 1.79 bits per heavy atom. The van der Waals surface area contributed by atoms with Crippen molar-refractivity contribution in [2.24, 2.45) is 0 Å². The van der Waals surface area contributed by atoms with Crippen molar-refractivity contribution in [1.29, 1.82) is 0 Å². The van der Waals surface area contributed by atoms with Crippen LogP contribution in [-0.2, 0) is 22.6 Å². The molecular formula is C22H24N2O4. The maximum absolute atomic E-state index is 11.3. The number of esters is 1. The van der Waals surface area contributed by atoms with Gasteiger partial charge in [0.05, 0.1) is 12.8 Å². The minimum atomic E-state index is -0.396. The van der Waals surface area contributed by atoms with E-state index in [1.165, 1.54) is 7.11 Å². The highest BCUT2D eigenvalue weighted by Crippen LogP contribution is 2.25. The summed E-state index contributed by atoms with van der Waals surface area (Å²) in [5, 5.41) is 7.50. The summed E-state index contributed by atoms with van der Waals surface area (Å²) in [6, 6.07) is 15.9. The van der Waals surface area contributed by atoms with Gasteiger partial charge in [0.25, 0.3) is 0 Å². The van der Waals surface area contributed by atoms with Crippen LogP contribution < -0.4 is 10.1 Å². The molecule has 1 aromatic heterocycles. The van der Waals surface area contributed by atoms with Gasteiger partial charge < -0.3 is 19.3 Å². The highest BCUT2D eigenvalue weighted by atomic mass is 16.6. The van der Waals surface area contributed by atoms with Crippen LogP contribution in [0.5, 0.6) is 5.75 Å². The first-order chi connectivity index (χ1) is 13.6. The highest BCUT2D eigenvalue weighted by Gasteiger charge is 2.10. The first kappa shape index (κ1) is 19.6. The molecule has 0 atom stereocenters. The zero-order valence-electron chi connectivity index (χ0n) is 16.3. The molecular weight excluding hydrogens is 356 g/mol. The minimum absolute atomic E-state index is 0.0916. The van der Waals surface area contributed by atoms with Gasteiger partial charge in [0.1, 0.15) is 5.75 Å². The minimum Gasteiger partial charge on any atom is -0.481 e. The number of hydrogen-bond acceptors (Lipinski definition) is 6. The van der Waals surface area contributed by atoms with E-state index in [-0.39, 0.29) is 6.61 Å². The second kappa shape index (κ2) is 9.19. The number of hydrogen-bond donors (Lipinski definition) is 1. The van der Waals surface area contributed by atoms with Gasteiger partial charge in [-0.3, -0.25) is 0 Å². The zero-order valence-corrected chi connectivity index (χ0v) is 16.3. The molecule has 0 aliphatic carbocycles. The van der Waals surface area contributed by atoms with Crippen molar-refractivity contribution in [3.05, 3.63) is 70.9 Å². The van der Waals surface area contributed by atoms with Gasteiger partial charge in [0, 0.05) is 24.7 Å². The number of rotatable bonds is 8. The third-order valence-electron chi connectivity index (χ3n) is 4.33. The first-order valence-electron chi connectivity index (χ1n) is 9.08. The fourth-order valence-electron chi connectivity index (χ4n) is 3.03. The Morgan fingerprint density at radius 3 is 2.46 bits per heavy atom. The lowest BCUT2D eigenvalue weighted by atomic mass is 10.1. The van der Waals surface area contributed by atoms with Crippen LogP contribution in [0.25, 0.3) is 11.3 Å². The van der Waals surface area contributed by atoms with Crippen LogP contribution >= 0.6 is 0 Å². The second-order valence-electron chi connectivity index (χ2n) is 6.58. The molecule has 3 rings (SSSR count). The molecule has 1 N–H and O–H groups in total. The molecule has 0 radical (unpaired) electrons. The van der Waals surface area contributed by atoms with Gasteiger partial charge >= 0.3 is 5.97 Å². The molecule has 146 valence electrons. The number of ether oxygens (including phenoxy) is 2. The standard InChI is InChI=1S/C22H24N2O4/c1-15-9-17(10-16(2)22(15)27-14-21(25)26-3)12-23-13-19-11-20(28-24-19)18-7-5-4-6-8-18/h4-11,23H,12-14H2,1-3H3. The Bertz CT molecular complexity index is 912. The van der Waals surface area contributed by atoms with E-state index in [1.54, 1.807) is 0 Å². The SMILES string of the molecule is COC(=O)COc1c(C)cc(CNCc2cc(-c3ccccc3)on2)cc1C. The van der Waals surface area contributed by atoms with E-state index in [1.807, 2.05) is 62.4 Å². The van der Waals surface area contributed by atoms with Gasteiger partial charge in [-0.1, -0.05) is 47.6 Å². The maximum atomic E-state index is 11.3. The predicted octanol–water partition coefficient (Wildman–Crippen LogP) is 3.80. The number of carbonyl (C=O) groups excluding carboxylic acids is 1. The summed E-state index contributed by atoms with van der Waals surface area (Å²) in [5.41, 5.74) is 4.95. The lowest BCUT2D eigenvalue weighted by Gasteiger charge is -2.13. The quantitative estimate of drug-likeness (QED) is 0.599. The summed E-state index contributed by atoms with van der Waals surface area (Å²) in [6.07, 6.45) is 0. The second-order valence-corrected chi connectivity index (χ2v) is 6.58. The van der Waals surface area contributed by atoms with E-state index < -0.39 is 5.97 Å². The molecule has 0 aliphatic rings. The monoisotopic (exact) mass is 380 g/mol. The maximum Gasteiger partial charge on any atom is 0.343 e. The third-order valence-corrected chi connectivity index (χ3v) is 4.33. The van der Waals surface area contributed by atoms with Crippen molar-refractivity contribution in [3.8, 4) is 17.1 Å². The summed E-state index contributed by atoms with van der Waals surface area (Å²) in [6.45, 7) is 5.13. The predicted molar refractivity (Wildman–Crippen MR) is 106 cm³/mol. The number of nitrogens with zero attached hydrogens (tertiary/aromatic N) is 1. The average molecular weight is 380 g/mol. The number of benzene rings is 2. The average Bonchev–Trinajstić information content (AvgIpc) is 3.17. The smallest absolute Gasteiger partial charge is 0.343 e. The van der Waals surface area contributed by atoms with Crippen LogP contribution in [0, 0.1) is 13.8 Å². The Balaban J connectivity index is 1.56. The van der Waals surface area contributed by atoms with Crippen LogP contribution in [0.15, 0.2) is 53.1 Å². The summed E-state index contributed by atoms with van der Waals surface area (Å²) in [4.78, 5) is 11.3. The molecule has 0 bridgehead atoms. The Morgan fingerprint density at radius 1 is 1.07 bits per heavy atom. The molecule has 0 saturated carbocycles. The van der Waals surface area contributed by atoms with Crippen LogP contribution in [0.4, 0.5) is 0 Å². The van der Waals surface area contributed by atoms with E-state index in [0.717, 1.165) is 39.5 Å². The Labute approximate surface area is 164 Å². The summed E-state index contributed by atoms with van der Waals surface area (Å²) in [5.74, 6) is 1.08. The van der Waals surface area contributed by atoms with Crippen LogP contribution in [0.3, 0.4) is 0 Å². The van der Waals surface area contributed by atoms with Crippen LogP contribution in [-0.4, -0.2) is 24.8 Å². The topological polar surface area (TPSA) is 73.6 Å². The zero-order chi connectivity index (χ0) is 19.9. The van der Waals surface area contributed by atoms with E-state index >= 15 is 0 Å². The van der Waals surface area contributed by atoms with Crippen molar-refractivity contribution in [3.63, 3.8) is 0 Å². The van der Waals surface area contributed by atoms with Crippen molar-refractivity contribution in [2.75, 3.05) is 13.7 Å². The molecule has 0 unspecified atom stereocenters. The van der Waals surface area contributed by atoms with Crippen LogP contribution in [0.2, 0.25) is 0 Å². The van der Waals surface area contributed by atoms with E-state index in [2.05, 4.69) is 15.2 Å². The fraction of sp³-hybridized carbons (Fsp3) is 0.273. The van der Waals surface area contributed by atoms with Crippen molar-refractivity contribution in [1.82, 2.24) is 10.5 Å². The molecule has 0 spiro atoms. The van der Waals surface area contributed by atoms with E-state index in [9.17, 15) is 4.79 Å². The lowest BCUT2D eigenvalue weighted by molar-refractivity contribution is -0.142. The van der Waals surface area contributed by atoms with Crippen molar-refractivity contribution in [2.45, 2.75) is 26.9 Å². The van der Waals surface area contributed by atoms with Gasteiger partial charge in [0.15, 0.2) is 12.4 Å². The van der Waals surface area contributed by atoms with E-state index in [4.69, 9.17) is 9.26 Å². The van der Waals surface area contributed by atoms with Gasteiger partial charge in [0.2, 0.25) is 0 Å². The third kappa shape index (κ3) is 4.98. The Hall–Kier alpha value is -3.12. The first-order valence-corrected chi connectivity index (χ1v) is 9.08. The summed E-state index contributed by atoms with van der Waals surface area (Å²) in [7, 11) is 1.35. The number of aromatic nitrogens is 1. The van der Waals surface area contributed by atoms with Gasteiger partial charge in [-0.2, -0.15) is 0 Å². The summed E-state index contributed by atoms with van der Waals surface area (Å²) >= 11 is 0. The molecule has 2 aromatic carbocycles. The molecule has 1 heterocycles. The molecule has 28 heavy (non-hydrogen) atoms. The number of aryl methyl sites for hydroxylation is 2. The number of carbonyl (C=O) groups is 1. The molecule has 6 nitrogen and oxygen atoms in total. The number of methoxy groups -OCH3 is 1. The Kier molecular flexibility index (Phi) is 6.45. The van der Waals surface area contributed by atoms with Crippen LogP contribution in [0.1, 0.15) is 22.4 Å². The molecule has 0 fully saturated rings. The molecule has 0 saturated heterocycles. The normalized spacial score (nSPS) is 10.7.